The summed E-state index contributed by atoms with van der Waals surface area (Å²) >= 11 is 0. The zero-order chi connectivity index (χ0) is 25.7. The molecule has 0 atom stereocenters. The van der Waals surface area contributed by atoms with Crippen molar-refractivity contribution in [2.75, 3.05) is 11.9 Å². The Morgan fingerprint density at radius 3 is 2.64 bits per heavy atom. The van der Waals surface area contributed by atoms with E-state index in [1.807, 2.05) is 54.1 Å². The molecule has 1 aromatic heterocycles. The number of amides is 1. The molecule has 1 heterocycles. The number of nitrogens with one attached hydrogen (secondary N) is 1. The van der Waals surface area contributed by atoms with Gasteiger partial charge in [0, 0.05) is 22.7 Å². The average Bonchev–Trinajstić information content (AvgIpc) is 3.23. The Balaban J connectivity index is 1.68. The minimum Gasteiger partial charge on any atom is -0.487 e. The van der Waals surface area contributed by atoms with E-state index in [2.05, 4.69) is 37.4 Å². The molecule has 0 saturated heterocycles. The first-order valence-corrected chi connectivity index (χ1v) is 12.1. The monoisotopic (exact) mass is 485 g/mol. The molecule has 4 aromatic rings. The minimum absolute atomic E-state index is 0.153. The summed E-state index contributed by atoms with van der Waals surface area (Å²) in [6.45, 7) is 8.57. The number of hydrogen-bond acceptors (Lipinski definition) is 5. The molecule has 36 heavy (non-hydrogen) atoms. The van der Waals surface area contributed by atoms with Gasteiger partial charge < -0.3 is 14.8 Å². The number of hydrogen-bond donors (Lipinski definition) is 1. The van der Waals surface area contributed by atoms with Crippen LogP contribution in [0.25, 0.3) is 22.0 Å². The van der Waals surface area contributed by atoms with Crippen molar-refractivity contribution in [2.45, 2.75) is 46.8 Å². The highest BCUT2D eigenvalue weighted by Crippen LogP contribution is 2.31. The van der Waals surface area contributed by atoms with E-state index in [9.17, 15) is 9.59 Å². The highest BCUT2D eigenvalue weighted by atomic mass is 16.5. The molecule has 0 spiro atoms. The fraction of sp³-hybridized carbons (Fsp3) is 0.276. The Morgan fingerprint density at radius 1 is 1.08 bits per heavy atom. The number of rotatable bonds is 10. The number of nitrogens with zero attached hydrogens (tertiary/aromatic N) is 2. The topological polar surface area (TPSA) is 82.4 Å². The maximum atomic E-state index is 12.1. The molecule has 0 aliphatic rings. The van der Waals surface area contributed by atoms with Crippen LogP contribution in [0.5, 0.6) is 5.75 Å². The Labute approximate surface area is 211 Å². The third-order valence-electron chi connectivity index (χ3n) is 5.92. The van der Waals surface area contributed by atoms with E-state index < -0.39 is 0 Å². The molecule has 4 rings (SSSR count). The fourth-order valence-electron chi connectivity index (χ4n) is 4.20. The van der Waals surface area contributed by atoms with Gasteiger partial charge in [-0.15, -0.1) is 0 Å². The van der Waals surface area contributed by atoms with Gasteiger partial charge in [0.15, 0.2) is 0 Å². The smallest absolute Gasteiger partial charge is 0.310 e. The predicted octanol–water partition coefficient (Wildman–Crippen LogP) is 5.85. The second kappa shape index (κ2) is 11.1. The number of aromatic nitrogens is 2. The molecule has 1 N–H and O–H groups in total. The van der Waals surface area contributed by atoms with Crippen molar-refractivity contribution < 1.29 is 19.1 Å². The molecule has 1 amide bonds. The maximum absolute atomic E-state index is 12.1. The van der Waals surface area contributed by atoms with Gasteiger partial charge in [-0.3, -0.25) is 14.3 Å². The van der Waals surface area contributed by atoms with E-state index in [0.29, 0.717) is 18.8 Å². The van der Waals surface area contributed by atoms with E-state index in [1.54, 1.807) is 6.92 Å². The van der Waals surface area contributed by atoms with Crippen LogP contribution in [0.3, 0.4) is 0 Å². The van der Waals surface area contributed by atoms with Gasteiger partial charge in [-0.2, -0.15) is 5.10 Å². The van der Waals surface area contributed by atoms with Crippen LogP contribution in [0, 0.1) is 6.92 Å². The van der Waals surface area contributed by atoms with Gasteiger partial charge in [0.2, 0.25) is 6.41 Å². The summed E-state index contributed by atoms with van der Waals surface area (Å²) in [6.07, 6.45) is 0.825. The molecule has 0 aliphatic carbocycles. The number of anilines is 1. The van der Waals surface area contributed by atoms with Crippen LogP contribution < -0.4 is 10.1 Å². The predicted molar refractivity (Wildman–Crippen MR) is 141 cm³/mol. The largest absolute Gasteiger partial charge is 0.487 e. The molecular formula is C29H31N3O4. The summed E-state index contributed by atoms with van der Waals surface area (Å²) in [4.78, 5) is 23.0. The first-order valence-electron chi connectivity index (χ1n) is 12.1. The van der Waals surface area contributed by atoms with Gasteiger partial charge >= 0.3 is 5.97 Å². The third-order valence-corrected chi connectivity index (χ3v) is 5.92. The second-order valence-electron chi connectivity index (χ2n) is 8.94. The molecule has 0 aliphatic heterocycles. The highest BCUT2D eigenvalue weighted by Gasteiger charge is 2.16. The quantitative estimate of drug-likeness (QED) is 0.225. The van der Waals surface area contributed by atoms with E-state index >= 15 is 0 Å². The van der Waals surface area contributed by atoms with Gasteiger partial charge in [-0.1, -0.05) is 30.3 Å². The van der Waals surface area contributed by atoms with Crippen molar-refractivity contribution in [3.8, 4) is 16.9 Å². The van der Waals surface area contributed by atoms with Crippen LogP contribution in [0.2, 0.25) is 0 Å². The summed E-state index contributed by atoms with van der Waals surface area (Å²) in [5.74, 6) is 0.371. The number of esters is 1. The molecule has 186 valence electrons. The minimum atomic E-state index is -0.281. The Kier molecular flexibility index (Phi) is 7.68. The van der Waals surface area contributed by atoms with Crippen molar-refractivity contribution in [1.29, 1.82) is 0 Å². The Bertz CT molecular complexity index is 1390. The molecule has 0 unspecified atom stereocenters. The number of benzene rings is 3. The summed E-state index contributed by atoms with van der Waals surface area (Å²) in [5.41, 5.74) is 6.39. The van der Waals surface area contributed by atoms with E-state index in [-0.39, 0.29) is 25.0 Å². The Morgan fingerprint density at radius 2 is 1.89 bits per heavy atom. The second-order valence-corrected chi connectivity index (χ2v) is 8.94. The zero-order valence-electron chi connectivity index (χ0n) is 21.1. The van der Waals surface area contributed by atoms with Crippen LogP contribution in [0.15, 0.2) is 60.7 Å². The highest BCUT2D eigenvalue weighted by molar-refractivity contribution is 5.88. The summed E-state index contributed by atoms with van der Waals surface area (Å²) < 4.78 is 13.4. The van der Waals surface area contributed by atoms with Gasteiger partial charge in [0.05, 0.1) is 18.5 Å². The lowest BCUT2D eigenvalue weighted by atomic mass is 10.0. The molecule has 3 aromatic carbocycles. The zero-order valence-corrected chi connectivity index (χ0v) is 21.1. The Hall–Kier alpha value is -4.13. The molecule has 0 fully saturated rings. The number of carbonyl (C=O) groups is 2. The maximum Gasteiger partial charge on any atom is 0.310 e. The third kappa shape index (κ3) is 5.57. The first kappa shape index (κ1) is 25.0. The van der Waals surface area contributed by atoms with Crippen LogP contribution >= 0.6 is 0 Å². The summed E-state index contributed by atoms with van der Waals surface area (Å²) in [5, 5.41) is 8.57. The SMILES string of the molecule is CCOC(=O)Cc1ccc(C)cc1OCc1nn(C(C)C)c2ccc(-c3cccc(NC=O)c3)cc12. The van der Waals surface area contributed by atoms with Crippen LogP contribution in [0.4, 0.5) is 5.69 Å². The van der Waals surface area contributed by atoms with Gasteiger partial charge in [-0.25, -0.2) is 0 Å². The average molecular weight is 486 g/mol. The molecular weight excluding hydrogens is 454 g/mol. The van der Waals surface area contributed by atoms with Crippen LogP contribution in [-0.2, 0) is 27.4 Å². The lowest BCUT2D eigenvalue weighted by Crippen LogP contribution is -2.09. The summed E-state index contributed by atoms with van der Waals surface area (Å²) in [7, 11) is 0. The first-order chi connectivity index (χ1) is 17.4. The van der Waals surface area contributed by atoms with Gasteiger partial charge in [-0.05, 0) is 74.7 Å². The van der Waals surface area contributed by atoms with Crippen molar-refractivity contribution >= 4 is 29.0 Å². The van der Waals surface area contributed by atoms with Crippen LogP contribution in [-0.4, -0.2) is 28.8 Å². The van der Waals surface area contributed by atoms with Crippen molar-refractivity contribution in [3.05, 3.63) is 77.5 Å². The van der Waals surface area contributed by atoms with Gasteiger partial charge in [0.25, 0.3) is 0 Å². The van der Waals surface area contributed by atoms with Crippen molar-refractivity contribution in [3.63, 3.8) is 0 Å². The van der Waals surface area contributed by atoms with E-state index in [0.717, 1.165) is 44.5 Å². The lowest BCUT2D eigenvalue weighted by molar-refractivity contribution is -0.142. The van der Waals surface area contributed by atoms with Crippen LogP contribution in [0.1, 0.15) is 43.6 Å². The fourth-order valence-corrected chi connectivity index (χ4v) is 4.20. The standard InChI is InChI=1S/C29H31N3O4/c1-5-35-29(34)16-23-10-9-20(4)13-28(23)36-17-26-25-15-22(11-12-27(25)32(31-26)19(2)3)21-7-6-8-24(14-21)30-18-33/h6-15,18-19H,5,16-17H2,1-4H3,(H,30,33). The number of carbonyl (C=O) groups excluding carboxylic acids is 2. The van der Waals surface area contributed by atoms with Crippen molar-refractivity contribution in [2.24, 2.45) is 0 Å². The molecule has 7 heteroatoms. The molecule has 0 radical (unpaired) electrons. The number of aryl methyl sites for hydroxylation is 1. The summed E-state index contributed by atoms with van der Waals surface area (Å²) in [6, 6.07) is 19.9. The van der Waals surface area contributed by atoms with E-state index in [1.165, 1.54) is 0 Å². The van der Waals surface area contributed by atoms with Crippen molar-refractivity contribution in [1.82, 2.24) is 9.78 Å². The molecule has 0 bridgehead atoms. The normalized spacial score (nSPS) is 11.0. The number of fused-ring (bicyclic) bond motifs is 1. The molecule has 0 saturated carbocycles. The van der Waals surface area contributed by atoms with Gasteiger partial charge in [0.1, 0.15) is 18.1 Å². The number of ether oxygens (including phenoxy) is 2. The van der Waals surface area contributed by atoms with E-state index in [4.69, 9.17) is 14.6 Å². The lowest BCUT2D eigenvalue weighted by Gasteiger charge is -2.12. The molecule has 7 nitrogen and oxygen atoms in total.